The van der Waals surface area contributed by atoms with Crippen molar-refractivity contribution in [1.82, 2.24) is 5.43 Å². The first-order chi connectivity index (χ1) is 9.78. The van der Waals surface area contributed by atoms with Crippen molar-refractivity contribution in [2.24, 2.45) is 5.84 Å². The Kier molecular flexibility index (Phi) is 3.74. The van der Waals surface area contributed by atoms with Crippen LogP contribution in [0, 0.1) is 0 Å². The molecule has 3 rings (SSSR count). The van der Waals surface area contributed by atoms with Crippen LogP contribution < -0.4 is 11.3 Å². The Labute approximate surface area is 122 Å². The molecule has 0 saturated heterocycles. The zero-order valence-corrected chi connectivity index (χ0v) is 11.6. The zero-order chi connectivity index (χ0) is 13.9. The molecular formula is C16H15ClN2O. The topological polar surface area (TPSA) is 51.2 Å². The van der Waals surface area contributed by atoms with Crippen molar-refractivity contribution in [2.75, 3.05) is 0 Å². The van der Waals surface area contributed by atoms with Gasteiger partial charge in [0.2, 0.25) is 0 Å². The Morgan fingerprint density at radius 3 is 2.60 bits per heavy atom. The smallest absolute Gasteiger partial charge is 0.193 e. The number of hydrazine groups is 1. The van der Waals surface area contributed by atoms with Gasteiger partial charge in [-0.2, -0.15) is 0 Å². The van der Waals surface area contributed by atoms with Crippen molar-refractivity contribution < 1.29 is 4.42 Å². The first-order valence-corrected chi connectivity index (χ1v) is 6.84. The number of hydrogen-bond donors (Lipinski definition) is 2. The molecule has 0 aliphatic heterocycles. The molecule has 0 saturated carbocycles. The van der Waals surface area contributed by atoms with Gasteiger partial charge in [-0.25, -0.2) is 5.43 Å². The molecule has 0 aliphatic carbocycles. The highest BCUT2D eigenvalue weighted by Crippen LogP contribution is 2.26. The average Bonchev–Trinajstić information content (AvgIpc) is 2.91. The van der Waals surface area contributed by atoms with Crippen LogP contribution in [0.1, 0.15) is 17.4 Å². The van der Waals surface area contributed by atoms with Crippen LogP contribution in [-0.2, 0) is 6.42 Å². The summed E-state index contributed by atoms with van der Waals surface area (Å²) in [5.74, 6) is 6.39. The lowest BCUT2D eigenvalue weighted by Gasteiger charge is -2.15. The van der Waals surface area contributed by atoms with E-state index in [0.29, 0.717) is 5.22 Å². The fraction of sp³-hybridized carbons (Fsp3) is 0.125. The summed E-state index contributed by atoms with van der Waals surface area (Å²) in [6, 6.07) is 18.0. The summed E-state index contributed by atoms with van der Waals surface area (Å²) in [5, 5.41) is 2.82. The molecule has 20 heavy (non-hydrogen) atoms. The van der Waals surface area contributed by atoms with E-state index in [1.54, 1.807) is 6.07 Å². The molecule has 4 heteroatoms. The van der Waals surface area contributed by atoms with E-state index in [4.69, 9.17) is 21.9 Å². The molecule has 0 radical (unpaired) electrons. The number of furan rings is 1. The van der Waals surface area contributed by atoms with Crippen molar-refractivity contribution in [2.45, 2.75) is 12.5 Å². The molecule has 1 aromatic heterocycles. The van der Waals surface area contributed by atoms with Crippen LogP contribution in [0.4, 0.5) is 0 Å². The number of fused-ring (bicyclic) bond motifs is 1. The molecule has 0 fully saturated rings. The minimum atomic E-state index is -0.103. The van der Waals surface area contributed by atoms with E-state index in [-0.39, 0.29) is 6.04 Å². The molecular weight excluding hydrogens is 272 g/mol. The van der Waals surface area contributed by atoms with Crippen molar-refractivity contribution in [3.05, 3.63) is 71.1 Å². The molecule has 0 amide bonds. The molecule has 1 atom stereocenters. The molecule has 1 unspecified atom stereocenters. The fourth-order valence-corrected chi connectivity index (χ4v) is 2.60. The molecule has 3 N–H and O–H groups in total. The van der Waals surface area contributed by atoms with E-state index >= 15 is 0 Å². The largest absolute Gasteiger partial charge is 0.448 e. The van der Waals surface area contributed by atoms with Crippen molar-refractivity contribution in [1.29, 1.82) is 0 Å². The van der Waals surface area contributed by atoms with Gasteiger partial charge >= 0.3 is 0 Å². The Bertz CT molecular complexity index is 718. The van der Waals surface area contributed by atoms with Gasteiger partial charge in [0.05, 0.1) is 6.04 Å². The van der Waals surface area contributed by atoms with Crippen molar-refractivity contribution in [3.8, 4) is 0 Å². The number of rotatable bonds is 4. The molecule has 0 aliphatic rings. The molecule has 0 bridgehead atoms. The third-order valence-corrected chi connectivity index (χ3v) is 3.65. The predicted octanol–water partition coefficient (Wildman–Crippen LogP) is 3.83. The number of hydrogen-bond acceptors (Lipinski definition) is 3. The maximum atomic E-state index is 5.82. The van der Waals surface area contributed by atoms with Gasteiger partial charge in [-0.05, 0) is 46.5 Å². The number of halogens is 1. The second-order valence-corrected chi connectivity index (χ2v) is 5.08. The van der Waals surface area contributed by atoms with E-state index in [1.807, 2.05) is 18.2 Å². The van der Waals surface area contributed by atoms with Crippen LogP contribution in [-0.4, -0.2) is 0 Å². The number of nitrogens with one attached hydrogen (secondary N) is 1. The minimum absolute atomic E-state index is 0.103. The lowest BCUT2D eigenvalue weighted by atomic mass is 9.98. The second-order valence-electron chi connectivity index (χ2n) is 4.70. The normalized spacial score (nSPS) is 12.7. The van der Waals surface area contributed by atoms with Gasteiger partial charge in [0.25, 0.3) is 0 Å². The highest BCUT2D eigenvalue weighted by Gasteiger charge is 2.15. The van der Waals surface area contributed by atoms with Gasteiger partial charge in [0, 0.05) is 0 Å². The van der Waals surface area contributed by atoms with Crippen LogP contribution in [0.15, 0.2) is 59.0 Å². The number of nitrogens with two attached hydrogens (primary N) is 1. The summed E-state index contributed by atoms with van der Waals surface area (Å²) in [6.07, 6.45) is 0.738. The highest BCUT2D eigenvalue weighted by atomic mass is 35.5. The summed E-state index contributed by atoms with van der Waals surface area (Å²) in [5.41, 5.74) is 4.01. The lowest BCUT2D eigenvalue weighted by molar-refractivity contribution is 0.417. The quantitative estimate of drug-likeness (QED) is 0.566. The maximum Gasteiger partial charge on any atom is 0.193 e. The molecule has 3 aromatic rings. The Balaban J connectivity index is 1.95. The summed E-state index contributed by atoms with van der Waals surface area (Å²) in [6.45, 7) is 0. The minimum Gasteiger partial charge on any atom is -0.448 e. The summed E-state index contributed by atoms with van der Waals surface area (Å²) in [7, 11) is 0. The molecule has 3 nitrogen and oxygen atoms in total. The molecule has 2 aromatic carbocycles. The van der Waals surface area contributed by atoms with Crippen LogP contribution in [0.5, 0.6) is 0 Å². The lowest BCUT2D eigenvalue weighted by Crippen LogP contribution is -2.29. The first kappa shape index (κ1) is 13.2. The summed E-state index contributed by atoms with van der Waals surface area (Å²) in [4.78, 5) is 0. The van der Waals surface area contributed by atoms with E-state index in [2.05, 4.69) is 35.8 Å². The van der Waals surface area contributed by atoms with Gasteiger partial charge in [-0.1, -0.05) is 42.5 Å². The summed E-state index contributed by atoms with van der Waals surface area (Å²) < 4.78 is 5.44. The van der Waals surface area contributed by atoms with Crippen molar-refractivity contribution in [3.63, 3.8) is 0 Å². The monoisotopic (exact) mass is 286 g/mol. The van der Waals surface area contributed by atoms with E-state index < -0.39 is 0 Å². The molecule has 1 heterocycles. The van der Waals surface area contributed by atoms with Crippen molar-refractivity contribution >= 4 is 22.4 Å². The van der Waals surface area contributed by atoms with Gasteiger partial charge in [-0.15, -0.1) is 0 Å². The van der Waals surface area contributed by atoms with Crippen LogP contribution in [0.3, 0.4) is 0 Å². The van der Waals surface area contributed by atoms with E-state index in [1.165, 1.54) is 16.3 Å². The van der Waals surface area contributed by atoms with Crippen LogP contribution in [0.2, 0.25) is 5.22 Å². The number of benzene rings is 2. The maximum absolute atomic E-state index is 5.82. The van der Waals surface area contributed by atoms with E-state index in [9.17, 15) is 0 Å². The highest BCUT2D eigenvalue weighted by molar-refractivity contribution is 6.28. The zero-order valence-electron chi connectivity index (χ0n) is 10.8. The SMILES string of the molecule is NNC(Cc1cccc2ccccc12)c1ccc(Cl)o1. The standard InChI is InChI=1S/C16H15ClN2O/c17-16-9-8-15(20-16)14(19-18)10-12-6-3-5-11-4-1-2-7-13(11)12/h1-9,14,19H,10,18H2. The third kappa shape index (κ3) is 2.56. The Hall–Kier alpha value is -1.81. The first-order valence-electron chi connectivity index (χ1n) is 6.46. The summed E-state index contributed by atoms with van der Waals surface area (Å²) >= 11 is 5.82. The van der Waals surface area contributed by atoms with Crippen LogP contribution in [0.25, 0.3) is 10.8 Å². The second kappa shape index (κ2) is 5.67. The average molecular weight is 287 g/mol. The molecule has 102 valence electrons. The van der Waals surface area contributed by atoms with Crippen LogP contribution >= 0.6 is 11.6 Å². The van der Waals surface area contributed by atoms with Gasteiger partial charge in [0.1, 0.15) is 5.76 Å². The fourth-order valence-electron chi connectivity index (χ4n) is 2.45. The van der Waals surface area contributed by atoms with Gasteiger partial charge in [-0.3, -0.25) is 5.84 Å². The Morgan fingerprint density at radius 2 is 1.85 bits per heavy atom. The molecule has 0 spiro atoms. The van der Waals surface area contributed by atoms with Gasteiger partial charge < -0.3 is 4.42 Å². The predicted molar refractivity (Wildman–Crippen MR) is 81.4 cm³/mol. The van der Waals surface area contributed by atoms with Gasteiger partial charge in [0.15, 0.2) is 5.22 Å². The third-order valence-electron chi connectivity index (χ3n) is 3.44. The Morgan fingerprint density at radius 1 is 1.05 bits per heavy atom. The van der Waals surface area contributed by atoms with E-state index in [0.717, 1.165) is 12.2 Å².